The second-order valence-electron chi connectivity index (χ2n) is 6.43. The summed E-state index contributed by atoms with van der Waals surface area (Å²) in [6.07, 6.45) is 0.908. The number of amides is 1. The van der Waals surface area contributed by atoms with Gasteiger partial charge in [0.2, 0.25) is 0 Å². The molecule has 0 spiro atoms. The van der Waals surface area contributed by atoms with Crippen molar-refractivity contribution in [2.45, 2.75) is 13.3 Å². The number of aromatic nitrogens is 1. The monoisotopic (exact) mass is 406 g/mol. The van der Waals surface area contributed by atoms with E-state index in [1.54, 1.807) is 12.1 Å². The Bertz CT molecular complexity index is 1110. The van der Waals surface area contributed by atoms with Gasteiger partial charge in [-0.1, -0.05) is 54.7 Å². The highest BCUT2D eigenvalue weighted by atomic mass is 32.1. The van der Waals surface area contributed by atoms with Crippen molar-refractivity contribution in [3.63, 3.8) is 0 Å². The van der Waals surface area contributed by atoms with Crippen LogP contribution in [0.15, 0.2) is 72.8 Å². The van der Waals surface area contributed by atoms with E-state index in [2.05, 4.69) is 11.9 Å². The van der Waals surface area contributed by atoms with Crippen molar-refractivity contribution in [3.8, 4) is 5.75 Å². The normalized spacial score (nSPS) is 10.8. The summed E-state index contributed by atoms with van der Waals surface area (Å²) in [6.45, 7) is 1.78. The third kappa shape index (κ3) is 4.12. The van der Waals surface area contributed by atoms with Crippen LogP contribution in [0.25, 0.3) is 10.2 Å². The van der Waals surface area contributed by atoms with E-state index < -0.39 is 5.82 Å². The van der Waals surface area contributed by atoms with Crippen LogP contribution in [-0.4, -0.2) is 17.5 Å². The molecule has 3 aromatic carbocycles. The molecule has 0 radical (unpaired) electrons. The summed E-state index contributed by atoms with van der Waals surface area (Å²) in [6, 6.07) is 21.5. The molecule has 0 bridgehead atoms. The Kier molecular flexibility index (Phi) is 5.53. The zero-order valence-corrected chi connectivity index (χ0v) is 16.7. The van der Waals surface area contributed by atoms with E-state index in [1.807, 2.05) is 48.5 Å². The predicted octanol–water partition coefficient (Wildman–Crippen LogP) is 5.74. The summed E-state index contributed by atoms with van der Waals surface area (Å²) in [5, 5.41) is 0.553. The maximum atomic E-state index is 13.8. The van der Waals surface area contributed by atoms with Crippen molar-refractivity contribution >= 4 is 38.3 Å². The number of hydrogen-bond acceptors (Lipinski definition) is 4. The second kappa shape index (κ2) is 8.41. The summed E-state index contributed by atoms with van der Waals surface area (Å²) in [5.74, 6) is -0.776. The van der Waals surface area contributed by atoms with E-state index in [0.717, 1.165) is 16.6 Å². The molecule has 0 aliphatic heterocycles. The van der Waals surface area contributed by atoms with Gasteiger partial charge in [0, 0.05) is 0 Å². The molecule has 1 aromatic heterocycles. The molecule has 4 aromatic rings. The number of aryl methyl sites for hydroxylation is 1. The third-order valence-electron chi connectivity index (χ3n) is 4.51. The molecule has 146 valence electrons. The van der Waals surface area contributed by atoms with Crippen LogP contribution < -0.4 is 9.64 Å². The van der Waals surface area contributed by atoms with Crippen molar-refractivity contribution in [1.82, 2.24) is 4.98 Å². The first-order valence-corrected chi connectivity index (χ1v) is 10.1. The molecular weight excluding hydrogens is 387 g/mol. The number of anilines is 2. The first-order valence-electron chi connectivity index (χ1n) is 9.30. The van der Waals surface area contributed by atoms with Crippen LogP contribution in [0.2, 0.25) is 0 Å². The fraction of sp³-hybridized carbons (Fsp3) is 0.130. The topological polar surface area (TPSA) is 42.4 Å². The number of hydrogen-bond donors (Lipinski definition) is 0. The summed E-state index contributed by atoms with van der Waals surface area (Å²) < 4.78 is 20.3. The largest absolute Gasteiger partial charge is 0.481 e. The fourth-order valence-corrected chi connectivity index (χ4v) is 3.97. The average molecular weight is 406 g/mol. The minimum Gasteiger partial charge on any atom is -0.481 e. The van der Waals surface area contributed by atoms with Gasteiger partial charge in [-0.05, 0) is 48.4 Å². The van der Waals surface area contributed by atoms with Crippen molar-refractivity contribution in [1.29, 1.82) is 0 Å². The van der Waals surface area contributed by atoms with Gasteiger partial charge in [0.1, 0.15) is 0 Å². The Morgan fingerprint density at radius 1 is 1.03 bits per heavy atom. The number of para-hydroxylation sites is 2. The lowest BCUT2D eigenvalue weighted by atomic mass is 10.1. The van der Waals surface area contributed by atoms with Gasteiger partial charge >= 0.3 is 0 Å². The molecule has 0 aliphatic rings. The van der Waals surface area contributed by atoms with E-state index in [-0.39, 0.29) is 18.3 Å². The number of carbonyl (C=O) groups excluding carboxylic acids is 1. The molecule has 0 fully saturated rings. The number of halogens is 1. The SMILES string of the molecule is CCc1ccc(N(C(=O)COc2ccccc2F)c2nc3ccccc3s2)cc1. The summed E-state index contributed by atoms with van der Waals surface area (Å²) in [5.41, 5.74) is 2.70. The van der Waals surface area contributed by atoms with Crippen LogP contribution in [0.5, 0.6) is 5.75 Å². The van der Waals surface area contributed by atoms with Crippen molar-refractivity contribution in [2.24, 2.45) is 0 Å². The highest BCUT2D eigenvalue weighted by Gasteiger charge is 2.22. The Labute approximate surface area is 172 Å². The fourth-order valence-electron chi connectivity index (χ4n) is 2.96. The van der Waals surface area contributed by atoms with E-state index in [9.17, 15) is 9.18 Å². The first-order chi connectivity index (χ1) is 14.2. The quantitative estimate of drug-likeness (QED) is 0.410. The summed E-state index contributed by atoms with van der Waals surface area (Å²) in [7, 11) is 0. The van der Waals surface area contributed by atoms with Gasteiger partial charge in [-0.15, -0.1) is 0 Å². The highest BCUT2D eigenvalue weighted by molar-refractivity contribution is 7.22. The zero-order chi connectivity index (χ0) is 20.2. The molecule has 0 unspecified atom stereocenters. The Morgan fingerprint density at radius 2 is 1.76 bits per heavy atom. The van der Waals surface area contributed by atoms with Crippen LogP contribution in [0.3, 0.4) is 0 Å². The lowest BCUT2D eigenvalue weighted by molar-refractivity contribution is -0.119. The molecule has 0 atom stereocenters. The number of carbonyl (C=O) groups is 1. The van der Waals surface area contributed by atoms with Gasteiger partial charge in [-0.2, -0.15) is 0 Å². The molecule has 1 heterocycles. The standard InChI is InChI=1S/C23H19FN2O2S/c1-2-16-11-13-17(14-12-16)26(23-25-19-8-4-6-10-21(19)29-23)22(27)15-28-20-9-5-3-7-18(20)24/h3-14H,2,15H2,1H3. The maximum absolute atomic E-state index is 13.8. The second-order valence-corrected chi connectivity index (χ2v) is 7.44. The minimum atomic E-state index is -0.501. The molecular formula is C23H19FN2O2S. The smallest absolute Gasteiger partial charge is 0.271 e. The molecule has 6 heteroatoms. The molecule has 0 saturated carbocycles. The maximum Gasteiger partial charge on any atom is 0.271 e. The van der Waals surface area contributed by atoms with Gasteiger partial charge in [0.15, 0.2) is 23.3 Å². The highest BCUT2D eigenvalue weighted by Crippen LogP contribution is 2.33. The van der Waals surface area contributed by atoms with E-state index >= 15 is 0 Å². The lowest BCUT2D eigenvalue weighted by Crippen LogP contribution is -2.31. The van der Waals surface area contributed by atoms with Gasteiger partial charge in [-0.3, -0.25) is 9.69 Å². The van der Waals surface area contributed by atoms with E-state index in [0.29, 0.717) is 10.8 Å². The predicted molar refractivity (Wildman–Crippen MR) is 114 cm³/mol. The number of rotatable bonds is 6. The molecule has 4 rings (SSSR count). The molecule has 0 saturated heterocycles. The molecule has 0 N–H and O–H groups in total. The van der Waals surface area contributed by atoms with Gasteiger partial charge in [0.05, 0.1) is 15.9 Å². The summed E-state index contributed by atoms with van der Waals surface area (Å²) >= 11 is 1.43. The van der Waals surface area contributed by atoms with Crippen LogP contribution in [0, 0.1) is 5.82 Å². The Hall–Kier alpha value is -3.25. The van der Waals surface area contributed by atoms with Gasteiger partial charge in [0.25, 0.3) is 5.91 Å². The number of fused-ring (bicyclic) bond motifs is 1. The van der Waals surface area contributed by atoms with Crippen molar-refractivity contribution < 1.29 is 13.9 Å². The zero-order valence-electron chi connectivity index (χ0n) is 15.8. The van der Waals surface area contributed by atoms with Crippen LogP contribution in [0.4, 0.5) is 15.2 Å². The Balaban J connectivity index is 1.66. The molecule has 1 amide bonds. The van der Waals surface area contributed by atoms with Crippen LogP contribution in [-0.2, 0) is 11.2 Å². The molecule has 0 aliphatic carbocycles. The average Bonchev–Trinajstić information content (AvgIpc) is 3.17. The van der Waals surface area contributed by atoms with Gasteiger partial charge in [-0.25, -0.2) is 9.37 Å². The summed E-state index contributed by atoms with van der Waals surface area (Å²) in [4.78, 5) is 19.3. The number of thiazole rings is 1. The number of nitrogens with zero attached hydrogens (tertiary/aromatic N) is 2. The number of benzene rings is 3. The van der Waals surface area contributed by atoms with Gasteiger partial charge < -0.3 is 4.74 Å². The Morgan fingerprint density at radius 3 is 2.48 bits per heavy atom. The van der Waals surface area contributed by atoms with E-state index in [4.69, 9.17) is 4.74 Å². The molecule has 4 nitrogen and oxygen atoms in total. The van der Waals surface area contributed by atoms with Crippen molar-refractivity contribution in [3.05, 3.63) is 84.2 Å². The first kappa shape index (κ1) is 19.1. The number of ether oxygens (including phenoxy) is 1. The van der Waals surface area contributed by atoms with Crippen molar-refractivity contribution in [2.75, 3.05) is 11.5 Å². The van der Waals surface area contributed by atoms with E-state index in [1.165, 1.54) is 33.9 Å². The minimum absolute atomic E-state index is 0.0476. The van der Waals surface area contributed by atoms with Crippen LogP contribution >= 0.6 is 11.3 Å². The van der Waals surface area contributed by atoms with Crippen LogP contribution in [0.1, 0.15) is 12.5 Å². The lowest BCUT2D eigenvalue weighted by Gasteiger charge is -2.20. The third-order valence-corrected chi connectivity index (χ3v) is 5.54. The molecule has 29 heavy (non-hydrogen) atoms.